The molecule has 180 valence electrons. The summed E-state index contributed by atoms with van der Waals surface area (Å²) in [6, 6.07) is 1.90. The van der Waals surface area contributed by atoms with Crippen LogP contribution in [0.25, 0.3) is 0 Å². The summed E-state index contributed by atoms with van der Waals surface area (Å²) >= 11 is 0. The van der Waals surface area contributed by atoms with E-state index in [4.69, 9.17) is 9.47 Å². The Bertz CT molecular complexity index is 826. The third-order valence-electron chi connectivity index (χ3n) is 5.62. The largest absolute Gasteiger partial charge is 0.465 e. The number of amides is 1. The van der Waals surface area contributed by atoms with Gasteiger partial charge in [0.25, 0.3) is 0 Å². The van der Waals surface area contributed by atoms with Gasteiger partial charge in [0, 0.05) is 24.3 Å². The molecule has 0 spiro atoms. The van der Waals surface area contributed by atoms with Crippen LogP contribution in [0.3, 0.4) is 0 Å². The first-order chi connectivity index (χ1) is 14.8. The minimum atomic E-state index is -4.58. The topological polar surface area (TPSA) is 67.9 Å². The number of hydrogen-bond acceptors (Lipinski definition) is 5. The molecule has 0 heterocycles. The first kappa shape index (κ1) is 25.8. The molecular weight excluding hydrogens is 425 g/mol. The average Bonchev–Trinajstić information content (AvgIpc) is 2.68. The number of alkyl carbamates (subject to hydrolysis) is 1. The molecule has 32 heavy (non-hydrogen) atoms. The van der Waals surface area contributed by atoms with Crippen molar-refractivity contribution in [3.63, 3.8) is 0 Å². The SMILES string of the molecule is CCN(c1cc(C(F)(F)F)cc(C(=O)OC)c1C)[C@H]1CC[C@H](NC(=O)OC(C)(C)C)CC1. The van der Waals surface area contributed by atoms with Gasteiger partial charge in [-0.1, -0.05) is 0 Å². The van der Waals surface area contributed by atoms with Crippen molar-refractivity contribution in [3.05, 3.63) is 28.8 Å². The van der Waals surface area contributed by atoms with E-state index in [2.05, 4.69) is 5.32 Å². The minimum Gasteiger partial charge on any atom is -0.465 e. The fraction of sp³-hybridized carbons (Fsp3) is 0.652. The average molecular weight is 459 g/mol. The predicted octanol–water partition coefficient (Wildman–Crippen LogP) is 5.46. The number of nitrogens with zero attached hydrogens (tertiary/aromatic N) is 1. The third kappa shape index (κ3) is 6.53. The Hall–Kier alpha value is -2.45. The highest BCUT2D eigenvalue weighted by Gasteiger charge is 2.35. The van der Waals surface area contributed by atoms with E-state index >= 15 is 0 Å². The van der Waals surface area contributed by atoms with Gasteiger partial charge in [-0.2, -0.15) is 13.2 Å². The molecule has 1 amide bonds. The van der Waals surface area contributed by atoms with Crippen molar-refractivity contribution in [2.75, 3.05) is 18.6 Å². The number of benzene rings is 1. The summed E-state index contributed by atoms with van der Waals surface area (Å²) in [6.07, 6.45) is -2.30. The summed E-state index contributed by atoms with van der Waals surface area (Å²) in [5, 5.41) is 2.88. The molecular formula is C23H33F3N2O4. The molecule has 1 aliphatic carbocycles. The lowest BCUT2D eigenvalue weighted by Crippen LogP contribution is -2.45. The van der Waals surface area contributed by atoms with Gasteiger partial charge in [-0.3, -0.25) is 0 Å². The maximum absolute atomic E-state index is 13.5. The van der Waals surface area contributed by atoms with Crippen LogP contribution in [-0.2, 0) is 15.7 Å². The van der Waals surface area contributed by atoms with Crippen molar-refractivity contribution < 1.29 is 32.2 Å². The van der Waals surface area contributed by atoms with Gasteiger partial charge in [0.2, 0.25) is 0 Å². The molecule has 6 nitrogen and oxygen atoms in total. The highest BCUT2D eigenvalue weighted by Crippen LogP contribution is 2.37. The number of alkyl halides is 3. The van der Waals surface area contributed by atoms with E-state index in [0.29, 0.717) is 43.5 Å². The fourth-order valence-electron chi connectivity index (χ4n) is 4.11. The Morgan fingerprint density at radius 1 is 1.12 bits per heavy atom. The Morgan fingerprint density at radius 2 is 1.72 bits per heavy atom. The Labute approximate surface area is 187 Å². The minimum absolute atomic E-state index is 0.00985. The first-order valence-electron chi connectivity index (χ1n) is 10.8. The van der Waals surface area contributed by atoms with E-state index in [1.54, 1.807) is 27.7 Å². The van der Waals surface area contributed by atoms with Crippen molar-refractivity contribution in [1.82, 2.24) is 5.32 Å². The van der Waals surface area contributed by atoms with Crippen LogP contribution in [0.5, 0.6) is 0 Å². The maximum Gasteiger partial charge on any atom is 0.416 e. The molecule has 0 unspecified atom stereocenters. The van der Waals surface area contributed by atoms with Crippen LogP contribution < -0.4 is 10.2 Å². The zero-order chi connectivity index (χ0) is 24.3. The van der Waals surface area contributed by atoms with E-state index in [1.165, 1.54) is 0 Å². The van der Waals surface area contributed by atoms with Gasteiger partial charge in [-0.05, 0) is 78.0 Å². The zero-order valence-electron chi connectivity index (χ0n) is 19.6. The second-order valence-corrected chi connectivity index (χ2v) is 9.09. The van der Waals surface area contributed by atoms with Crippen LogP contribution >= 0.6 is 0 Å². The van der Waals surface area contributed by atoms with E-state index in [9.17, 15) is 22.8 Å². The van der Waals surface area contributed by atoms with Crippen molar-refractivity contribution in [2.24, 2.45) is 0 Å². The Morgan fingerprint density at radius 3 is 2.19 bits per heavy atom. The molecule has 0 atom stereocenters. The summed E-state index contributed by atoms with van der Waals surface area (Å²) in [4.78, 5) is 26.1. The molecule has 1 saturated carbocycles. The number of rotatable bonds is 5. The fourth-order valence-corrected chi connectivity index (χ4v) is 4.11. The van der Waals surface area contributed by atoms with Crippen LogP contribution in [0, 0.1) is 6.92 Å². The number of anilines is 1. The summed E-state index contributed by atoms with van der Waals surface area (Å²) in [6.45, 7) is 9.38. The smallest absolute Gasteiger partial charge is 0.416 e. The molecule has 1 fully saturated rings. The number of ether oxygens (including phenoxy) is 2. The highest BCUT2D eigenvalue weighted by atomic mass is 19.4. The number of methoxy groups -OCH3 is 1. The quantitative estimate of drug-likeness (QED) is 0.594. The van der Waals surface area contributed by atoms with Crippen molar-refractivity contribution in [1.29, 1.82) is 0 Å². The number of esters is 1. The lowest BCUT2D eigenvalue weighted by molar-refractivity contribution is -0.137. The first-order valence-corrected chi connectivity index (χ1v) is 10.8. The Balaban J connectivity index is 2.22. The highest BCUT2D eigenvalue weighted by molar-refractivity contribution is 5.93. The third-order valence-corrected chi connectivity index (χ3v) is 5.62. The number of hydrogen-bond donors (Lipinski definition) is 1. The summed E-state index contributed by atoms with van der Waals surface area (Å²) in [5.41, 5.74) is -0.709. The zero-order valence-corrected chi connectivity index (χ0v) is 19.6. The monoisotopic (exact) mass is 458 g/mol. The van der Waals surface area contributed by atoms with Crippen LogP contribution in [0.4, 0.5) is 23.7 Å². The summed E-state index contributed by atoms with van der Waals surface area (Å²) < 4.78 is 50.6. The number of halogens is 3. The molecule has 2 rings (SSSR count). The van der Waals surface area contributed by atoms with Crippen LogP contribution in [0.2, 0.25) is 0 Å². The normalized spacial score (nSPS) is 19.3. The van der Waals surface area contributed by atoms with Crippen molar-refractivity contribution in [2.45, 2.75) is 84.2 Å². The van der Waals surface area contributed by atoms with Crippen molar-refractivity contribution in [3.8, 4) is 0 Å². The number of carbonyl (C=O) groups is 2. The van der Waals surface area contributed by atoms with E-state index < -0.39 is 29.4 Å². The van der Waals surface area contributed by atoms with E-state index in [0.717, 1.165) is 19.2 Å². The van der Waals surface area contributed by atoms with Crippen LogP contribution in [0.1, 0.15) is 74.9 Å². The Kier molecular flexibility index (Phi) is 8.07. The standard InChI is InChI=1S/C23H33F3N2O4/c1-7-28(17-10-8-16(9-11-17)27-21(30)32-22(3,4)5)19-13-15(23(24,25)26)12-18(14(19)2)20(29)31-6/h12-13,16-17H,7-11H2,1-6H3,(H,27,30)/t16-,17-. The van der Waals surface area contributed by atoms with Crippen molar-refractivity contribution >= 4 is 17.7 Å². The molecule has 1 aliphatic rings. The molecule has 9 heteroatoms. The lowest BCUT2D eigenvalue weighted by Gasteiger charge is -2.39. The van der Waals surface area contributed by atoms with E-state index in [1.807, 2.05) is 11.8 Å². The molecule has 0 bridgehead atoms. The second kappa shape index (κ2) is 10.0. The maximum atomic E-state index is 13.5. The van der Waals surface area contributed by atoms with Gasteiger partial charge in [0.05, 0.1) is 18.2 Å². The molecule has 1 N–H and O–H groups in total. The molecule has 0 aliphatic heterocycles. The predicted molar refractivity (Wildman–Crippen MR) is 116 cm³/mol. The molecule has 0 saturated heterocycles. The van der Waals surface area contributed by atoms with E-state index in [-0.39, 0.29) is 17.6 Å². The number of nitrogens with one attached hydrogen (secondary N) is 1. The molecule has 1 aromatic carbocycles. The van der Waals surface area contributed by atoms with Crippen LogP contribution in [-0.4, -0.2) is 43.4 Å². The van der Waals surface area contributed by atoms with Crippen LogP contribution in [0.15, 0.2) is 12.1 Å². The summed E-state index contributed by atoms with van der Waals surface area (Å²) in [7, 11) is 1.15. The summed E-state index contributed by atoms with van der Waals surface area (Å²) in [5.74, 6) is -0.795. The molecule has 1 aromatic rings. The lowest BCUT2D eigenvalue weighted by atomic mass is 9.89. The van der Waals surface area contributed by atoms with Gasteiger partial charge in [-0.15, -0.1) is 0 Å². The molecule has 0 radical (unpaired) electrons. The van der Waals surface area contributed by atoms with Gasteiger partial charge in [-0.25, -0.2) is 9.59 Å². The number of carbonyl (C=O) groups excluding carboxylic acids is 2. The van der Waals surface area contributed by atoms with Gasteiger partial charge in [0.1, 0.15) is 5.60 Å². The van der Waals surface area contributed by atoms with Gasteiger partial charge >= 0.3 is 18.2 Å². The van der Waals surface area contributed by atoms with Gasteiger partial charge < -0.3 is 19.7 Å². The van der Waals surface area contributed by atoms with Gasteiger partial charge in [0.15, 0.2) is 0 Å². The second-order valence-electron chi connectivity index (χ2n) is 9.09. The molecule has 0 aromatic heterocycles.